The molecule has 2 N–H and O–H groups in total. The monoisotopic (exact) mass is 1530 g/mol. The van der Waals surface area contributed by atoms with E-state index in [0.29, 0.717) is 69.8 Å². The number of carbonyl (C=O) groups is 8. The van der Waals surface area contributed by atoms with E-state index in [1.807, 2.05) is 26.0 Å². The van der Waals surface area contributed by atoms with Crippen LogP contribution in [0.2, 0.25) is 0 Å². The number of Topliss-reactive ketones (excluding diaryl/α,β-unsaturated/α-hetero) is 2. The van der Waals surface area contributed by atoms with Gasteiger partial charge in [0, 0.05) is 77.7 Å². The first-order valence-electron chi connectivity index (χ1n) is 42.4. The van der Waals surface area contributed by atoms with E-state index >= 15 is 0 Å². The van der Waals surface area contributed by atoms with Crippen molar-refractivity contribution < 1.29 is 95.9 Å². The van der Waals surface area contributed by atoms with E-state index in [1.165, 1.54) is 130 Å². The predicted molar refractivity (Wildman–Crippen MR) is 418 cm³/mol. The molecule has 1 amide bonds. The van der Waals surface area contributed by atoms with E-state index < -0.39 is 132 Å². The van der Waals surface area contributed by atoms with Crippen LogP contribution in [0.5, 0.6) is 0 Å². The fourth-order valence-electron chi connectivity index (χ4n) is 16.2. The first-order valence-corrected chi connectivity index (χ1v) is 42.4. The summed E-state index contributed by atoms with van der Waals surface area (Å²) in [5.41, 5.74) is 1.50. The molecule has 3 fully saturated rings. The molecule has 0 radical (unpaired) electrons. The molecule has 2 bridgehead atoms. The molecule has 620 valence electrons. The minimum absolute atomic E-state index is 0.0290. The molecule has 16 atom stereocenters. The summed E-state index contributed by atoms with van der Waals surface area (Å²) < 4.78 is 59.7. The predicted octanol–water partition coefficient (Wildman–Crippen LogP) is 16.9. The number of piperidine rings is 1. The number of fused-ring (bicyclic) bond motifs is 3. The normalized spacial score (nSPS) is 27.7. The van der Waals surface area contributed by atoms with Gasteiger partial charge in [0.1, 0.15) is 37.2 Å². The number of aliphatic hydroxyl groups excluding tert-OH is 1. The lowest BCUT2D eigenvalue weighted by molar-refractivity contribution is -0.302. The number of carbonyl (C=O) groups excluding carboxylic acids is 8. The minimum atomic E-state index is -2.58. The lowest BCUT2D eigenvalue weighted by atomic mass is 9.81. The second-order valence-electron chi connectivity index (χ2n) is 32.4. The first kappa shape index (κ1) is 95.5. The van der Waals surface area contributed by atoms with Crippen LogP contribution in [0.3, 0.4) is 0 Å². The van der Waals surface area contributed by atoms with Gasteiger partial charge in [-0.15, -0.1) is 6.58 Å². The van der Waals surface area contributed by atoms with Crippen LogP contribution in [-0.4, -0.2) is 170 Å². The van der Waals surface area contributed by atoms with Crippen LogP contribution >= 0.6 is 0 Å². The number of hydrogen-bond donors (Lipinski definition) is 2. The standard InChI is InChI=1S/C87H147NO20/c1-14-17-19-21-23-25-27-29-31-33-35-37-39-45-78(91)102-59-70(60-103-79(92)46-40-38-36-34-32-30-28-26-24-22-20-18-15-2)106-81(94)54-63(6)53-80(93)105-67(10)104-74-48-47-68(57-75(74)99-11)55-64(7)82-66(9)72(89)58-73(90)69(43-16-3)51-61(4)50-62(5)52-76(100-12)83-77(101-13)56-65(8)87(98,108-83)84(95)85(96)88-49-42-41-44-71(88)86(97)107-82/h16,51,55,62-63,65-72,74-77,82-83,89,98H,3,14-15,17-50,52-54,56-60H2,1-2,4-13H3/b61-51+,64-55+/t62-,63?,65+,66+,67?,68-,69+,71-,72-,74+,75+,76-,77-,82+,83+,87+/m0/s1. The van der Waals surface area contributed by atoms with Crippen LogP contribution in [-0.2, 0) is 85.7 Å². The molecular weight excluding hydrogens is 1380 g/mol. The maximum Gasteiger partial charge on any atom is 0.329 e. The van der Waals surface area contributed by atoms with Gasteiger partial charge in [-0.1, -0.05) is 219 Å². The van der Waals surface area contributed by atoms with E-state index in [2.05, 4.69) is 20.4 Å². The van der Waals surface area contributed by atoms with Crippen molar-refractivity contribution in [2.24, 2.45) is 35.5 Å². The summed E-state index contributed by atoms with van der Waals surface area (Å²) >= 11 is 0. The molecule has 2 saturated heterocycles. The number of hydrogen-bond acceptors (Lipinski definition) is 20. The molecule has 0 aromatic carbocycles. The molecule has 4 rings (SSSR count). The summed E-state index contributed by atoms with van der Waals surface area (Å²) in [6.45, 7) is 20.3. The van der Waals surface area contributed by atoms with Gasteiger partial charge in [0.05, 0.1) is 30.5 Å². The Kier molecular flexibility index (Phi) is 47.7. The molecule has 21 heteroatoms. The first-order chi connectivity index (χ1) is 51.8. The zero-order valence-corrected chi connectivity index (χ0v) is 69.0. The average molecular weight is 1530 g/mol. The molecule has 1 aliphatic carbocycles. The largest absolute Gasteiger partial charge is 0.462 e. The summed E-state index contributed by atoms with van der Waals surface area (Å²) in [7, 11) is 4.60. The number of esters is 5. The van der Waals surface area contributed by atoms with Gasteiger partial charge in [0.2, 0.25) is 12.1 Å². The van der Waals surface area contributed by atoms with E-state index in [1.54, 1.807) is 47.8 Å². The Labute approximate surface area is 650 Å². The highest BCUT2D eigenvalue weighted by atomic mass is 16.7. The van der Waals surface area contributed by atoms with Crippen LogP contribution < -0.4 is 0 Å². The Morgan fingerprint density at radius 3 is 1.65 bits per heavy atom. The Bertz CT molecular complexity index is 2650. The van der Waals surface area contributed by atoms with E-state index in [-0.39, 0.29) is 82.3 Å². The van der Waals surface area contributed by atoms with Gasteiger partial charge in [0.25, 0.3) is 11.7 Å². The van der Waals surface area contributed by atoms with Crippen LogP contribution in [0.4, 0.5) is 0 Å². The maximum atomic E-state index is 14.8. The van der Waals surface area contributed by atoms with Crippen LogP contribution in [0.1, 0.15) is 326 Å². The van der Waals surface area contributed by atoms with Gasteiger partial charge in [-0.25, -0.2) is 4.79 Å². The maximum absolute atomic E-state index is 14.8. The van der Waals surface area contributed by atoms with E-state index in [9.17, 15) is 48.6 Å². The topological polar surface area (TPSA) is 273 Å². The number of amides is 1. The molecule has 0 aromatic rings. The number of cyclic esters (lactones) is 1. The number of unbranched alkanes of at least 4 members (excludes halogenated alkanes) is 24. The summed E-state index contributed by atoms with van der Waals surface area (Å²) in [5, 5.41) is 24.4. The molecule has 2 unspecified atom stereocenters. The lowest BCUT2D eigenvalue weighted by Crippen LogP contribution is -2.64. The fourth-order valence-corrected chi connectivity index (χ4v) is 16.2. The molecule has 0 spiro atoms. The highest BCUT2D eigenvalue weighted by Crippen LogP contribution is 2.40. The Balaban J connectivity index is 1.39. The van der Waals surface area contributed by atoms with Gasteiger partial charge < -0.3 is 62.5 Å². The third kappa shape index (κ3) is 35.4. The van der Waals surface area contributed by atoms with Gasteiger partial charge in [-0.05, 0) is 121 Å². The molecule has 3 aliphatic heterocycles. The van der Waals surface area contributed by atoms with Gasteiger partial charge in [0.15, 0.2) is 6.10 Å². The lowest BCUT2D eigenvalue weighted by Gasteiger charge is -2.47. The number of methoxy groups -OCH3 is 3. The Morgan fingerprint density at radius 2 is 1.14 bits per heavy atom. The minimum Gasteiger partial charge on any atom is -0.462 e. The van der Waals surface area contributed by atoms with Crippen molar-refractivity contribution in [1.82, 2.24) is 4.90 Å². The second kappa shape index (κ2) is 53.9. The summed E-state index contributed by atoms with van der Waals surface area (Å²) in [6.07, 6.45) is 32.7. The SMILES string of the molecule is C=CC[C@@H]1/C=C(\C)C[C@H](C)C[C@H](OC)[C@H]2O[C@@](O)(C(=O)C(=O)N3CCCC[C@H]3C(=O)O[C@H](/C(C)=C/[C@@H]3CC[C@@H](OC(C)OC(=O)CC(C)CC(=O)OC(COC(=O)CCCCCCCCCCCCCCC)COC(=O)CCCCCCCCCCCCCCC)[C@H](OC)C3)[C@H](C)[C@@H](O)CC1=O)[C@H](C)C[C@@H]2OC. The third-order valence-electron chi connectivity index (χ3n) is 22.7. The van der Waals surface area contributed by atoms with Crippen molar-refractivity contribution in [1.29, 1.82) is 0 Å². The van der Waals surface area contributed by atoms with Crippen molar-refractivity contribution in [2.45, 2.75) is 393 Å². The van der Waals surface area contributed by atoms with Crippen LogP contribution in [0.15, 0.2) is 36.0 Å². The van der Waals surface area contributed by atoms with Crippen molar-refractivity contribution in [3.8, 4) is 0 Å². The van der Waals surface area contributed by atoms with Crippen molar-refractivity contribution >= 4 is 47.3 Å². The highest BCUT2D eigenvalue weighted by molar-refractivity contribution is 6.39. The van der Waals surface area contributed by atoms with E-state index in [0.717, 1.165) is 49.0 Å². The molecule has 1 saturated carbocycles. The van der Waals surface area contributed by atoms with Gasteiger partial charge in [-0.3, -0.25) is 33.6 Å². The highest BCUT2D eigenvalue weighted by Gasteiger charge is 2.57. The summed E-state index contributed by atoms with van der Waals surface area (Å²) in [6, 6.07) is -1.23. The molecule has 108 heavy (non-hydrogen) atoms. The zero-order chi connectivity index (χ0) is 79.4. The van der Waals surface area contributed by atoms with Gasteiger partial charge in [-0.2, -0.15) is 0 Å². The number of ketones is 2. The fraction of sp³-hybridized carbons (Fsp3) is 0.839. The van der Waals surface area contributed by atoms with Crippen LogP contribution in [0.25, 0.3) is 0 Å². The van der Waals surface area contributed by atoms with Crippen molar-refractivity contribution in [2.75, 3.05) is 41.1 Å². The van der Waals surface area contributed by atoms with Crippen molar-refractivity contribution in [3.05, 3.63) is 36.0 Å². The second-order valence-corrected chi connectivity index (χ2v) is 32.4. The number of ether oxygens (including phenoxy) is 10. The summed E-state index contributed by atoms with van der Waals surface area (Å²) in [5.74, 6) is -11.0. The third-order valence-corrected chi connectivity index (χ3v) is 22.7. The number of aliphatic hydroxyl groups is 2. The zero-order valence-electron chi connectivity index (χ0n) is 69.0. The molecule has 21 nitrogen and oxygen atoms in total. The number of rotatable bonds is 47. The van der Waals surface area contributed by atoms with E-state index in [4.69, 9.17) is 47.4 Å². The van der Waals surface area contributed by atoms with Crippen molar-refractivity contribution in [3.63, 3.8) is 0 Å². The Morgan fingerprint density at radius 1 is 0.639 bits per heavy atom. The number of allylic oxidation sites excluding steroid dienone is 4. The smallest absolute Gasteiger partial charge is 0.329 e. The quantitative estimate of drug-likeness (QED) is 0.0143. The average Bonchev–Trinajstić information content (AvgIpc) is 0.772. The Hall–Kier alpha value is -4.90. The summed E-state index contributed by atoms with van der Waals surface area (Å²) in [4.78, 5) is 112. The van der Waals surface area contributed by atoms with Crippen LogP contribution in [0, 0.1) is 35.5 Å². The molecule has 4 aliphatic rings. The molecule has 3 heterocycles. The number of nitrogens with zero attached hydrogens (tertiary/aromatic N) is 1. The molecule has 0 aromatic heterocycles. The molecular formula is C87H147NO20. The van der Waals surface area contributed by atoms with Gasteiger partial charge >= 0.3 is 29.8 Å².